The lowest BCUT2D eigenvalue weighted by Gasteiger charge is -2.52. The van der Waals surface area contributed by atoms with Crippen LogP contribution >= 0.6 is 0 Å². The van der Waals surface area contributed by atoms with Crippen molar-refractivity contribution in [2.45, 2.75) is 24.4 Å². The van der Waals surface area contributed by atoms with Crippen LogP contribution in [0.2, 0.25) is 0 Å². The molecule has 4 bridgehead atoms. The van der Waals surface area contributed by atoms with E-state index in [4.69, 9.17) is 4.99 Å². The van der Waals surface area contributed by atoms with Crippen LogP contribution in [0, 0.1) is 27.9 Å². The fraction of sp³-hybridized carbons (Fsp3) is 0.409. The minimum atomic E-state index is -0.352. The molecular weight excluding hydrogens is 338 g/mol. The van der Waals surface area contributed by atoms with Gasteiger partial charge in [0.2, 0.25) is 0 Å². The molecule has 5 heteroatoms. The Balaban J connectivity index is 1.60. The van der Waals surface area contributed by atoms with Gasteiger partial charge in [0.05, 0.1) is 4.92 Å². The van der Waals surface area contributed by atoms with Gasteiger partial charge >= 0.3 is 0 Å². The summed E-state index contributed by atoms with van der Waals surface area (Å²) in [6, 6.07) is 18.1. The summed E-state index contributed by atoms with van der Waals surface area (Å²) in [6.07, 6.45) is 4.29. The van der Waals surface area contributed by atoms with E-state index in [1.807, 2.05) is 12.1 Å². The Kier molecular flexibility index (Phi) is 3.69. The van der Waals surface area contributed by atoms with E-state index in [0.717, 1.165) is 24.9 Å². The number of hydrogen-bond donors (Lipinski definition) is 0. The first-order valence-corrected chi connectivity index (χ1v) is 9.64. The van der Waals surface area contributed by atoms with Gasteiger partial charge in [-0.15, -0.1) is 0 Å². The zero-order valence-corrected chi connectivity index (χ0v) is 15.4. The van der Waals surface area contributed by atoms with E-state index < -0.39 is 0 Å². The predicted molar refractivity (Wildman–Crippen MR) is 105 cm³/mol. The SMILES string of the molecule is CN1C[C@@H]2C[C@H]3C=N[C@]2(c2cccc([N+](=O)[O-])c2)[C@@H]1[C@@H]3Cc1ccccc1. The number of rotatable bonds is 4. The maximum Gasteiger partial charge on any atom is 0.269 e. The van der Waals surface area contributed by atoms with Gasteiger partial charge in [0, 0.05) is 36.9 Å². The van der Waals surface area contributed by atoms with Gasteiger partial charge in [-0.05, 0) is 42.9 Å². The van der Waals surface area contributed by atoms with Gasteiger partial charge < -0.3 is 0 Å². The highest BCUT2D eigenvalue weighted by molar-refractivity contribution is 5.67. The first-order chi connectivity index (χ1) is 13.1. The number of likely N-dealkylation sites (N-methyl/N-ethyl adjacent to an activating group) is 1. The molecule has 27 heavy (non-hydrogen) atoms. The maximum atomic E-state index is 11.3. The van der Waals surface area contributed by atoms with Gasteiger partial charge in [0.15, 0.2) is 0 Å². The van der Waals surface area contributed by atoms with Crippen molar-refractivity contribution >= 4 is 11.9 Å². The van der Waals surface area contributed by atoms with Crippen molar-refractivity contribution in [3.63, 3.8) is 0 Å². The number of benzene rings is 2. The number of non-ortho nitro benzene ring substituents is 1. The molecule has 0 aromatic heterocycles. The Morgan fingerprint density at radius 3 is 2.81 bits per heavy atom. The van der Waals surface area contributed by atoms with E-state index >= 15 is 0 Å². The molecule has 5 atom stereocenters. The molecule has 138 valence electrons. The second-order valence-electron chi connectivity index (χ2n) is 8.25. The van der Waals surface area contributed by atoms with Crippen molar-refractivity contribution in [2.75, 3.05) is 13.6 Å². The fourth-order valence-electron chi connectivity index (χ4n) is 5.89. The number of nitro benzene ring substituents is 1. The average molecular weight is 361 g/mol. The van der Waals surface area contributed by atoms with Crippen LogP contribution in [0.3, 0.4) is 0 Å². The van der Waals surface area contributed by atoms with Gasteiger partial charge in [-0.1, -0.05) is 42.5 Å². The third-order valence-electron chi connectivity index (χ3n) is 6.88. The van der Waals surface area contributed by atoms with Crippen LogP contribution in [0.15, 0.2) is 59.6 Å². The number of nitrogens with zero attached hydrogens (tertiary/aromatic N) is 3. The van der Waals surface area contributed by atoms with Crippen molar-refractivity contribution in [3.8, 4) is 0 Å². The molecule has 1 saturated heterocycles. The van der Waals surface area contributed by atoms with E-state index in [2.05, 4.69) is 48.5 Å². The molecule has 3 heterocycles. The highest BCUT2D eigenvalue weighted by atomic mass is 16.6. The normalized spacial score (nSPS) is 34.1. The van der Waals surface area contributed by atoms with E-state index in [9.17, 15) is 10.1 Å². The molecule has 5 nitrogen and oxygen atoms in total. The molecule has 1 aliphatic carbocycles. The van der Waals surface area contributed by atoms with E-state index in [0.29, 0.717) is 17.8 Å². The molecule has 1 saturated carbocycles. The number of aliphatic imine (C=N–C) groups is 1. The van der Waals surface area contributed by atoms with Crippen molar-refractivity contribution in [1.29, 1.82) is 0 Å². The second kappa shape index (κ2) is 5.99. The summed E-state index contributed by atoms with van der Waals surface area (Å²) >= 11 is 0. The van der Waals surface area contributed by atoms with Gasteiger partial charge in [0.1, 0.15) is 5.54 Å². The summed E-state index contributed by atoms with van der Waals surface area (Å²) in [5.41, 5.74) is 2.17. The zero-order chi connectivity index (χ0) is 18.6. The Bertz CT molecular complexity index is 913. The Labute approximate surface area is 158 Å². The molecule has 4 aliphatic rings. The maximum absolute atomic E-state index is 11.3. The summed E-state index contributed by atoms with van der Waals surface area (Å²) in [6.45, 7) is 1.01. The molecule has 6 rings (SSSR count). The van der Waals surface area contributed by atoms with E-state index in [1.54, 1.807) is 12.1 Å². The molecule has 3 aliphatic heterocycles. The number of nitro groups is 1. The van der Waals surface area contributed by atoms with E-state index in [-0.39, 0.29) is 22.2 Å². The highest BCUT2D eigenvalue weighted by Crippen LogP contribution is 2.58. The molecule has 0 spiro atoms. The number of hydrogen-bond acceptors (Lipinski definition) is 4. The van der Waals surface area contributed by atoms with Crippen LogP contribution < -0.4 is 0 Å². The third-order valence-corrected chi connectivity index (χ3v) is 6.88. The monoisotopic (exact) mass is 361 g/mol. The zero-order valence-electron chi connectivity index (χ0n) is 15.4. The van der Waals surface area contributed by atoms with Crippen molar-refractivity contribution in [2.24, 2.45) is 22.7 Å². The van der Waals surface area contributed by atoms with Gasteiger partial charge in [0.25, 0.3) is 5.69 Å². The summed E-state index contributed by atoms with van der Waals surface area (Å²) in [5.74, 6) is 1.40. The minimum Gasteiger partial charge on any atom is -0.300 e. The third kappa shape index (κ3) is 2.38. The van der Waals surface area contributed by atoms with Gasteiger partial charge in [-0.3, -0.25) is 20.0 Å². The lowest BCUT2D eigenvalue weighted by atomic mass is 9.58. The Morgan fingerprint density at radius 1 is 1.22 bits per heavy atom. The quantitative estimate of drug-likeness (QED) is 0.616. The Hall–Kier alpha value is -2.53. The lowest BCUT2D eigenvalue weighted by Crippen LogP contribution is -2.57. The van der Waals surface area contributed by atoms with Crippen LogP contribution in [-0.4, -0.2) is 35.7 Å². The molecule has 2 aromatic rings. The van der Waals surface area contributed by atoms with Crippen molar-refractivity contribution in [3.05, 3.63) is 75.8 Å². The molecule has 0 N–H and O–H groups in total. The summed E-state index contributed by atoms with van der Waals surface area (Å²) in [7, 11) is 2.19. The van der Waals surface area contributed by atoms with Crippen LogP contribution in [0.1, 0.15) is 17.5 Å². The number of likely N-dealkylation sites (tertiary alicyclic amines) is 1. The topological polar surface area (TPSA) is 58.7 Å². The smallest absolute Gasteiger partial charge is 0.269 e. The second-order valence-corrected chi connectivity index (χ2v) is 8.25. The molecule has 0 amide bonds. The fourth-order valence-corrected chi connectivity index (χ4v) is 5.89. The lowest BCUT2D eigenvalue weighted by molar-refractivity contribution is -0.385. The van der Waals surface area contributed by atoms with Crippen molar-refractivity contribution in [1.82, 2.24) is 4.90 Å². The van der Waals surface area contributed by atoms with Crippen molar-refractivity contribution < 1.29 is 4.92 Å². The summed E-state index contributed by atoms with van der Waals surface area (Å²) in [5, 5.41) is 11.3. The molecule has 2 aromatic carbocycles. The Morgan fingerprint density at radius 2 is 2.04 bits per heavy atom. The predicted octanol–water partition coefficient (Wildman–Crippen LogP) is 3.68. The van der Waals surface area contributed by atoms with Crippen LogP contribution in [0.4, 0.5) is 5.69 Å². The van der Waals surface area contributed by atoms with Crippen LogP contribution in [0.5, 0.6) is 0 Å². The van der Waals surface area contributed by atoms with Gasteiger partial charge in [-0.2, -0.15) is 0 Å². The largest absolute Gasteiger partial charge is 0.300 e. The van der Waals surface area contributed by atoms with Crippen LogP contribution in [-0.2, 0) is 12.0 Å². The summed E-state index contributed by atoms with van der Waals surface area (Å²) < 4.78 is 0. The first kappa shape index (κ1) is 16.6. The summed E-state index contributed by atoms with van der Waals surface area (Å²) in [4.78, 5) is 18.6. The standard InChI is InChI=1S/C22H23N3O2/c1-24-14-18-11-16-13-23-22(18,17-8-5-9-19(12-17)25(26)27)21(24)20(16)10-15-6-3-2-4-7-15/h2-9,12-13,16,18,20-21H,10-11,14H2,1H3/t16-,18-,20+,21-,22-/m0/s1. The molecule has 2 fully saturated rings. The molecular formula is C22H23N3O2. The molecule has 0 unspecified atom stereocenters. The van der Waals surface area contributed by atoms with E-state index in [1.165, 1.54) is 5.56 Å². The molecule has 0 radical (unpaired) electrons. The minimum absolute atomic E-state index is 0.159. The van der Waals surface area contributed by atoms with Crippen LogP contribution in [0.25, 0.3) is 0 Å². The highest BCUT2D eigenvalue weighted by Gasteiger charge is 2.63. The average Bonchev–Trinajstić information content (AvgIpc) is 2.93. The first-order valence-electron chi connectivity index (χ1n) is 9.64. The van der Waals surface area contributed by atoms with Gasteiger partial charge in [-0.25, -0.2) is 0 Å².